The van der Waals surface area contributed by atoms with E-state index in [1.54, 1.807) is 6.07 Å². The summed E-state index contributed by atoms with van der Waals surface area (Å²) in [6, 6.07) is 3.86. The molecule has 0 amide bonds. The van der Waals surface area contributed by atoms with E-state index in [-0.39, 0.29) is 5.82 Å². The highest BCUT2D eigenvalue weighted by molar-refractivity contribution is 9.10. The lowest BCUT2D eigenvalue weighted by Gasteiger charge is -2.23. The first-order valence-corrected chi connectivity index (χ1v) is 6.70. The SMILES string of the molecule is Fc1cc(CC2CCCCN2)cc(Cl)c1Br. The van der Waals surface area contributed by atoms with Crippen molar-refractivity contribution in [3.8, 4) is 0 Å². The average Bonchev–Trinajstić information content (AvgIpc) is 2.27. The summed E-state index contributed by atoms with van der Waals surface area (Å²) >= 11 is 9.05. The summed E-state index contributed by atoms with van der Waals surface area (Å²) in [5.74, 6) is -0.279. The number of halogens is 3. The Kier molecular flexibility index (Phi) is 4.22. The van der Waals surface area contributed by atoms with Crippen LogP contribution in [0.4, 0.5) is 4.39 Å². The maximum Gasteiger partial charge on any atom is 0.139 e. The number of piperidine rings is 1. The second-order valence-corrected chi connectivity index (χ2v) is 5.42. The predicted octanol–water partition coefficient (Wildman–Crippen LogP) is 3.93. The van der Waals surface area contributed by atoms with Crippen LogP contribution in [0.3, 0.4) is 0 Å². The molecule has 1 aromatic carbocycles. The average molecular weight is 307 g/mol. The minimum absolute atomic E-state index is 0.279. The van der Waals surface area contributed by atoms with Crippen LogP contribution in [0, 0.1) is 5.82 Å². The summed E-state index contributed by atoms with van der Waals surface area (Å²) in [7, 11) is 0. The molecule has 0 bridgehead atoms. The quantitative estimate of drug-likeness (QED) is 0.817. The Bertz CT molecular complexity index is 354. The highest BCUT2D eigenvalue weighted by Gasteiger charge is 2.14. The lowest BCUT2D eigenvalue weighted by atomic mass is 9.98. The van der Waals surface area contributed by atoms with Gasteiger partial charge in [-0.25, -0.2) is 4.39 Å². The summed E-state index contributed by atoms with van der Waals surface area (Å²) in [6.45, 7) is 1.07. The molecule has 16 heavy (non-hydrogen) atoms. The molecule has 0 radical (unpaired) electrons. The normalized spacial score (nSPS) is 21.1. The van der Waals surface area contributed by atoms with Crippen LogP contribution < -0.4 is 5.32 Å². The second-order valence-electron chi connectivity index (χ2n) is 4.22. The highest BCUT2D eigenvalue weighted by Crippen LogP contribution is 2.27. The molecule has 4 heteroatoms. The third-order valence-corrected chi connectivity index (χ3v) is 4.27. The molecule has 0 spiro atoms. The molecule has 88 valence electrons. The van der Waals surface area contributed by atoms with Crippen molar-refractivity contribution in [2.45, 2.75) is 31.7 Å². The van der Waals surface area contributed by atoms with E-state index >= 15 is 0 Å². The number of benzene rings is 1. The van der Waals surface area contributed by atoms with Crippen LogP contribution in [0.1, 0.15) is 24.8 Å². The summed E-state index contributed by atoms with van der Waals surface area (Å²) < 4.78 is 13.8. The van der Waals surface area contributed by atoms with Crippen molar-refractivity contribution in [3.05, 3.63) is 33.0 Å². The third-order valence-electron chi connectivity index (χ3n) is 2.94. The molecule has 1 aliphatic heterocycles. The summed E-state index contributed by atoms with van der Waals surface area (Å²) in [5, 5.41) is 3.89. The Morgan fingerprint density at radius 2 is 2.25 bits per heavy atom. The zero-order chi connectivity index (χ0) is 11.5. The van der Waals surface area contributed by atoms with Gasteiger partial charge < -0.3 is 5.32 Å². The van der Waals surface area contributed by atoms with E-state index < -0.39 is 0 Å². The van der Waals surface area contributed by atoms with E-state index in [1.807, 2.05) is 6.07 Å². The van der Waals surface area contributed by atoms with Crippen molar-refractivity contribution in [1.29, 1.82) is 0 Å². The van der Waals surface area contributed by atoms with Crippen LogP contribution in [-0.4, -0.2) is 12.6 Å². The van der Waals surface area contributed by atoms with Crippen molar-refractivity contribution in [2.75, 3.05) is 6.54 Å². The first kappa shape index (κ1) is 12.3. The van der Waals surface area contributed by atoms with Gasteiger partial charge in [-0.2, -0.15) is 0 Å². The van der Waals surface area contributed by atoms with E-state index in [1.165, 1.54) is 12.8 Å². The van der Waals surface area contributed by atoms with Gasteiger partial charge in [-0.1, -0.05) is 18.0 Å². The standard InChI is InChI=1S/C12H14BrClFN/c13-12-10(14)6-8(7-11(12)15)5-9-3-1-2-4-16-9/h6-7,9,16H,1-5H2. The van der Waals surface area contributed by atoms with Gasteiger partial charge in [-0.15, -0.1) is 0 Å². The van der Waals surface area contributed by atoms with Gasteiger partial charge in [0.05, 0.1) is 9.50 Å². The van der Waals surface area contributed by atoms with Crippen molar-refractivity contribution < 1.29 is 4.39 Å². The van der Waals surface area contributed by atoms with Crippen LogP contribution in [0.2, 0.25) is 5.02 Å². The van der Waals surface area contributed by atoms with E-state index in [0.717, 1.165) is 24.9 Å². The highest BCUT2D eigenvalue weighted by atomic mass is 79.9. The Morgan fingerprint density at radius 3 is 2.88 bits per heavy atom. The van der Waals surface area contributed by atoms with Crippen LogP contribution in [-0.2, 0) is 6.42 Å². The van der Waals surface area contributed by atoms with Crippen molar-refractivity contribution in [3.63, 3.8) is 0 Å². The van der Waals surface area contributed by atoms with Crippen LogP contribution >= 0.6 is 27.5 Å². The lowest BCUT2D eigenvalue weighted by molar-refractivity contribution is 0.399. The van der Waals surface area contributed by atoms with Gasteiger partial charge in [-0.05, 0) is 59.4 Å². The maximum absolute atomic E-state index is 13.4. The first-order valence-electron chi connectivity index (χ1n) is 5.53. The fraction of sp³-hybridized carbons (Fsp3) is 0.500. The predicted molar refractivity (Wildman–Crippen MR) is 68.5 cm³/mol. The number of rotatable bonds is 2. The number of nitrogens with one attached hydrogen (secondary N) is 1. The molecule has 0 aliphatic carbocycles. The molecule has 2 rings (SSSR count). The molecule has 1 atom stereocenters. The summed E-state index contributed by atoms with van der Waals surface area (Å²) in [6.07, 6.45) is 4.51. The van der Waals surface area contributed by atoms with Gasteiger partial charge in [0, 0.05) is 6.04 Å². The molecule has 1 N–H and O–H groups in total. The smallest absolute Gasteiger partial charge is 0.139 e. The van der Waals surface area contributed by atoms with Gasteiger partial charge in [0.2, 0.25) is 0 Å². The molecule has 1 unspecified atom stereocenters. The van der Waals surface area contributed by atoms with E-state index in [9.17, 15) is 4.39 Å². The second kappa shape index (κ2) is 5.48. The Labute approximate surface area is 109 Å². The summed E-state index contributed by atoms with van der Waals surface area (Å²) in [4.78, 5) is 0. The Balaban J connectivity index is 2.09. The van der Waals surface area contributed by atoms with Crippen molar-refractivity contribution >= 4 is 27.5 Å². The zero-order valence-electron chi connectivity index (χ0n) is 8.90. The molecule has 1 aliphatic rings. The first-order chi connectivity index (χ1) is 7.66. The van der Waals surface area contributed by atoms with Gasteiger partial charge in [0.25, 0.3) is 0 Å². The van der Waals surface area contributed by atoms with Gasteiger partial charge in [0.15, 0.2) is 0 Å². The monoisotopic (exact) mass is 305 g/mol. The van der Waals surface area contributed by atoms with E-state index in [0.29, 0.717) is 15.5 Å². The van der Waals surface area contributed by atoms with Crippen molar-refractivity contribution in [1.82, 2.24) is 5.32 Å². The van der Waals surface area contributed by atoms with Gasteiger partial charge in [0.1, 0.15) is 5.82 Å². The molecular formula is C12H14BrClFN. The molecule has 1 saturated heterocycles. The largest absolute Gasteiger partial charge is 0.314 e. The molecule has 0 aromatic heterocycles. The topological polar surface area (TPSA) is 12.0 Å². The zero-order valence-corrected chi connectivity index (χ0v) is 11.2. The maximum atomic E-state index is 13.4. The van der Waals surface area contributed by atoms with Crippen LogP contribution in [0.5, 0.6) is 0 Å². The summed E-state index contributed by atoms with van der Waals surface area (Å²) in [5.41, 5.74) is 0.963. The fourth-order valence-electron chi connectivity index (χ4n) is 2.11. The molecule has 1 aromatic rings. The molecule has 0 saturated carbocycles. The minimum atomic E-state index is -0.279. The van der Waals surface area contributed by atoms with Gasteiger partial charge >= 0.3 is 0 Å². The van der Waals surface area contributed by atoms with E-state index in [4.69, 9.17) is 11.6 Å². The minimum Gasteiger partial charge on any atom is -0.314 e. The molecule has 1 fully saturated rings. The van der Waals surface area contributed by atoms with Crippen LogP contribution in [0.15, 0.2) is 16.6 Å². The van der Waals surface area contributed by atoms with Crippen molar-refractivity contribution in [2.24, 2.45) is 0 Å². The van der Waals surface area contributed by atoms with Crippen LogP contribution in [0.25, 0.3) is 0 Å². The Hall–Kier alpha value is -0.120. The fourth-order valence-corrected chi connectivity index (χ4v) is 2.57. The molecular weight excluding hydrogens is 292 g/mol. The Morgan fingerprint density at radius 1 is 1.44 bits per heavy atom. The number of hydrogen-bond donors (Lipinski definition) is 1. The lowest BCUT2D eigenvalue weighted by Crippen LogP contribution is -2.35. The number of hydrogen-bond acceptors (Lipinski definition) is 1. The molecule has 1 heterocycles. The molecule has 1 nitrogen and oxygen atoms in total. The third kappa shape index (κ3) is 2.96. The van der Waals surface area contributed by atoms with E-state index in [2.05, 4.69) is 21.2 Å². The van der Waals surface area contributed by atoms with Gasteiger partial charge in [-0.3, -0.25) is 0 Å².